The summed E-state index contributed by atoms with van der Waals surface area (Å²) in [4.78, 5) is 10.8. The standard InChI is InChI=1S/C11H17N3O4S/c1-11(2,7-10(15)13-12)18-19-9-5-3-8(4-6-9)14(16)17/h3-6,10,13,15H,7,12H2,1-2H3. The lowest BCUT2D eigenvalue weighted by atomic mass is 10.1. The first-order valence-corrected chi connectivity index (χ1v) is 6.32. The van der Waals surface area contributed by atoms with Gasteiger partial charge in [-0.15, -0.1) is 0 Å². The first-order valence-electron chi connectivity index (χ1n) is 5.58. The number of nitro groups is 1. The number of nitrogens with two attached hydrogens (primary N) is 1. The van der Waals surface area contributed by atoms with Crippen LogP contribution in [0.1, 0.15) is 20.3 Å². The molecule has 4 N–H and O–H groups in total. The summed E-state index contributed by atoms with van der Waals surface area (Å²) in [5.41, 5.74) is 1.67. The number of nitrogens with zero attached hydrogens (tertiary/aromatic N) is 1. The van der Waals surface area contributed by atoms with Crippen LogP contribution >= 0.6 is 12.0 Å². The molecule has 0 aliphatic carbocycles. The Morgan fingerprint density at radius 2 is 2.11 bits per heavy atom. The Bertz CT molecular complexity index is 424. The minimum atomic E-state index is -0.854. The van der Waals surface area contributed by atoms with E-state index in [1.807, 2.05) is 13.8 Å². The molecular weight excluding hydrogens is 270 g/mol. The van der Waals surface area contributed by atoms with Crippen LogP contribution in [-0.2, 0) is 4.18 Å². The number of non-ortho nitro benzene ring substituents is 1. The molecule has 0 bridgehead atoms. The minimum Gasteiger partial charge on any atom is -0.377 e. The summed E-state index contributed by atoms with van der Waals surface area (Å²) < 4.78 is 5.58. The first-order chi connectivity index (χ1) is 8.84. The smallest absolute Gasteiger partial charge is 0.269 e. The van der Waals surface area contributed by atoms with Crippen molar-refractivity contribution in [2.45, 2.75) is 37.0 Å². The summed E-state index contributed by atoms with van der Waals surface area (Å²) in [6.07, 6.45) is -0.545. The van der Waals surface area contributed by atoms with Crippen molar-refractivity contribution in [1.29, 1.82) is 0 Å². The van der Waals surface area contributed by atoms with Crippen LogP contribution in [-0.4, -0.2) is 21.9 Å². The van der Waals surface area contributed by atoms with E-state index in [4.69, 9.17) is 10.0 Å². The molecule has 0 aliphatic heterocycles. The molecule has 106 valence electrons. The van der Waals surface area contributed by atoms with Crippen LogP contribution in [0.4, 0.5) is 5.69 Å². The highest BCUT2D eigenvalue weighted by molar-refractivity contribution is 7.94. The molecule has 1 aromatic carbocycles. The molecule has 1 atom stereocenters. The number of rotatable bonds is 7. The molecule has 0 fully saturated rings. The van der Waals surface area contributed by atoms with Gasteiger partial charge in [0.2, 0.25) is 0 Å². The largest absolute Gasteiger partial charge is 0.377 e. The van der Waals surface area contributed by atoms with Crippen LogP contribution in [0.3, 0.4) is 0 Å². The van der Waals surface area contributed by atoms with Crippen molar-refractivity contribution in [2.75, 3.05) is 0 Å². The highest BCUT2D eigenvalue weighted by atomic mass is 32.2. The third-order valence-corrected chi connectivity index (χ3v) is 3.29. The van der Waals surface area contributed by atoms with E-state index in [-0.39, 0.29) is 5.69 Å². The summed E-state index contributed by atoms with van der Waals surface area (Å²) in [5, 5.41) is 19.9. The highest BCUT2D eigenvalue weighted by Crippen LogP contribution is 2.29. The van der Waals surface area contributed by atoms with Crippen molar-refractivity contribution in [3.63, 3.8) is 0 Å². The van der Waals surface area contributed by atoms with Crippen molar-refractivity contribution in [3.8, 4) is 0 Å². The molecule has 0 spiro atoms. The third kappa shape index (κ3) is 5.53. The van der Waals surface area contributed by atoms with E-state index in [0.717, 1.165) is 16.9 Å². The fourth-order valence-corrected chi connectivity index (χ4v) is 1.98. The number of aliphatic hydroxyl groups excluding tert-OH is 1. The zero-order chi connectivity index (χ0) is 14.5. The van der Waals surface area contributed by atoms with E-state index in [9.17, 15) is 15.2 Å². The maximum atomic E-state index is 10.5. The Balaban J connectivity index is 2.53. The monoisotopic (exact) mass is 287 g/mol. The van der Waals surface area contributed by atoms with E-state index < -0.39 is 16.8 Å². The molecule has 0 heterocycles. The normalized spacial score (nSPS) is 13.3. The number of benzene rings is 1. The van der Waals surface area contributed by atoms with Crippen molar-refractivity contribution >= 4 is 17.7 Å². The van der Waals surface area contributed by atoms with E-state index >= 15 is 0 Å². The van der Waals surface area contributed by atoms with Crippen LogP contribution in [0.2, 0.25) is 0 Å². The second-order valence-electron chi connectivity index (χ2n) is 4.56. The fraction of sp³-hybridized carbons (Fsp3) is 0.455. The maximum absolute atomic E-state index is 10.5. The molecule has 1 unspecified atom stereocenters. The number of nitro benzene ring substituents is 1. The summed E-state index contributed by atoms with van der Waals surface area (Å²) >= 11 is 1.10. The second kappa shape index (κ2) is 6.83. The van der Waals surface area contributed by atoms with Gasteiger partial charge in [0.15, 0.2) is 0 Å². The van der Waals surface area contributed by atoms with E-state index in [1.165, 1.54) is 12.1 Å². The molecule has 0 aliphatic rings. The van der Waals surface area contributed by atoms with Crippen LogP contribution < -0.4 is 11.3 Å². The predicted octanol–water partition coefficient (Wildman–Crippen LogP) is 1.57. The topological polar surface area (TPSA) is 111 Å². The van der Waals surface area contributed by atoms with E-state index in [2.05, 4.69) is 5.43 Å². The molecule has 19 heavy (non-hydrogen) atoms. The lowest BCUT2D eigenvalue weighted by Gasteiger charge is -2.26. The molecular formula is C11H17N3O4S. The van der Waals surface area contributed by atoms with Gasteiger partial charge in [-0.1, -0.05) is 0 Å². The van der Waals surface area contributed by atoms with Crippen LogP contribution in [0.25, 0.3) is 0 Å². The van der Waals surface area contributed by atoms with Gasteiger partial charge >= 0.3 is 0 Å². The Morgan fingerprint density at radius 3 is 2.58 bits per heavy atom. The van der Waals surface area contributed by atoms with Gasteiger partial charge in [0.1, 0.15) is 6.23 Å². The first kappa shape index (κ1) is 15.9. The molecule has 8 heteroatoms. The molecule has 1 aromatic rings. The predicted molar refractivity (Wildman–Crippen MR) is 72.1 cm³/mol. The molecule has 0 saturated carbocycles. The van der Waals surface area contributed by atoms with Crippen LogP contribution in [0, 0.1) is 10.1 Å². The Labute approximate surface area is 115 Å². The van der Waals surface area contributed by atoms with Gasteiger partial charge in [0.25, 0.3) is 5.69 Å². The molecule has 0 radical (unpaired) electrons. The highest BCUT2D eigenvalue weighted by Gasteiger charge is 2.23. The average molecular weight is 287 g/mol. The van der Waals surface area contributed by atoms with Gasteiger partial charge in [-0.3, -0.25) is 16.0 Å². The number of aliphatic hydroxyl groups is 1. The van der Waals surface area contributed by atoms with Crippen molar-refractivity contribution in [1.82, 2.24) is 5.43 Å². The minimum absolute atomic E-state index is 0.0337. The summed E-state index contributed by atoms with van der Waals surface area (Å²) in [6, 6.07) is 6.04. The summed E-state index contributed by atoms with van der Waals surface area (Å²) in [6.45, 7) is 3.62. The lowest BCUT2D eigenvalue weighted by molar-refractivity contribution is -0.384. The molecule has 0 aromatic heterocycles. The van der Waals surface area contributed by atoms with E-state index in [0.29, 0.717) is 6.42 Å². The summed E-state index contributed by atoms with van der Waals surface area (Å²) in [7, 11) is 0. The lowest BCUT2D eigenvalue weighted by Crippen LogP contribution is -2.40. The Morgan fingerprint density at radius 1 is 1.53 bits per heavy atom. The second-order valence-corrected chi connectivity index (χ2v) is 5.37. The SMILES string of the molecule is CC(C)(CC(O)NN)OSc1ccc([N+](=O)[O-])cc1. The fourth-order valence-electron chi connectivity index (χ4n) is 1.34. The van der Waals surface area contributed by atoms with Gasteiger partial charge in [-0.2, -0.15) is 0 Å². The van der Waals surface area contributed by atoms with Gasteiger partial charge < -0.3 is 9.29 Å². The molecule has 0 saturated heterocycles. The molecule has 7 nitrogen and oxygen atoms in total. The molecule has 1 rings (SSSR count). The van der Waals surface area contributed by atoms with Crippen molar-refractivity contribution in [3.05, 3.63) is 34.4 Å². The zero-order valence-electron chi connectivity index (χ0n) is 10.7. The summed E-state index contributed by atoms with van der Waals surface area (Å²) in [5.74, 6) is 5.11. The van der Waals surface area contributed by atoms with Gasteiger partial charge in [-0.05, 0) is 26.0 Å². The maximum Gasteiger partial charge on any atom is 0.269 e. The van der Waals surface area contributed by atoms with Crippen molar-refractivity contribution < 1.29 is 14.2 Å². The molecule has 0 amide bonds. The number of hydrazine groups is 1. The average Bonchev–Trinajstić information content (AvgIpc) is 2.36. The van der Waals surface area contributed by atoms with E-state index in [1.54, 1.807) is 12.1 Å². The number of hydrogen-bond donors (Lipinski definition) is 3. The third-order valence-electron chi connectivity index (χ3n) is 2.29. The van der Waals surface area contributed by atoms with Gasteiger partial charge in [0.05, 0.1) is 10.5 Å². The van der Waals surface area contributed by atoms with Gasteiger partial charge in [0, 0.05) is 35.5 Å². The number of hydrogen-bond acceptors (Lipinski definition) is 7. The number of nitrogens with one attached hydrogen (secondary N) is 1. The van der Waals surface area contributed by atoms with Crippen LogP contribution in [0.5, 0.6) is 0 Å². The Kier molecular flexibility index (Phi) is 5.70. The Hall–Kier alpha value is -1.19. The quantitative estimate of drug-likeness (QED) is 0.229. The van der Waals surface area contributed by atoms with Crippen molar-refractivity contribution in [2.24, 2.45) is 5.84 Å². The van der Waals surface area contributed by atoms with Crippen LogP contribution in [0.15, 0.2) is 29.2 Å². The zero-order valence-corrected chi connectivity index (χ0v) is 11.5. The van der Waals surface area contributed by atoms with Gasteiger partial charge in [-0.25, -0.2) is 5.43 Å².